The molecule has 1 atom stereocenters. The zero-order valence-corrected chi connectivity index (χ0v) is 9.74. The van der Waals surface area contributed by atoms with E-state index in [1.165, 1.54) is 45.2 Å². The van der Waals surface area contributed by atoms with Crippen molar-refractivity contribution < 1.29 is 4.79 Å². The second-order valence-corrected chi connectivity index (χ2v) is 4.87. The Kier molecular flexibility index (Phi) is 3.62. The average Bonchev–Trinajstić information content (AvgIpc) is 2.71. The molecule has 2 aliphatic heterocycles. The van der Waals surface area contributed by atoms with Crippen LogP contribution in [0.1, 0.15) is 39.0 Å². The first kappa shape index (κ1) is 10.9. The quantitative estimate of drug-likeness (QED) is 0.689. The first-order chi connectivity index (χ1) is 7.27. The summed E-state index contributed by atoms with van der Waals surface area (Å²) < 4.78 is 0. The number of amides is 1. The third-order valence-corrected chi connectivity index (χ3v) is 3.70. The molecule has 2 saturated heterocycles. The Labute approximate surface area is 92.4 Å². The van der Waals surface area contributed by atoms with Gasteiger partial charge in [0.1, 0.15) is 0 Å². The minimum atomic E-state index is 0.263. The summed E-state index contributed by atoms with van der Waals surface area (Å²) in [7, 11) is 0. The van der Waals surface area contributed by atoms with Crippen LogP contribution in [0.4, 0.5) is 0 Å². The summed E-state index contributed by atoms with van der Waals surface area (Å²) >= 11 is 0. The van der Waals surface area contributed by atoms with Gasteiger partial charge in [0.15, 0.2) is 0 Å². The Morgan fingerprint density at radius 3 is 2.47 bits per heavy atom. The first-order valence-electron chi connectivity index (χ1n) is 6.27. The van der Waals surface area contributed by atoms with Crippen molar-refractivity contribution in [1.82, 2.24) is 9.80 Å². The summed E-state index contributed by atoms with van der Waals surface area (Å²) in [5.41, 5.74) is 0. The molecule has 0 spiro atoms. The Morgan fingerprint density at radius 1 is 1.13 bits per heavy atom. The second-order valence-electron chi connectivity index (χ2n) is 4.87. The number of nitrogens with zero attached hydrogens (tertiary/aromatic N) is 2. The first-order valence-corrected chi connectivity index (χ1v) is 6.27. The van der Waals surface area contributed by atoms with Gasteiger partial charge in [-0.3, -0.25) is 4.79 Å². The zero-order chi connectivity index (χ0) is 10.7. The van der Waals surface area contributed by atoms with Crippen molar-refractivity contribution in [3.63, 3.8) is 0 Å². The van der Waals surface area contributed by atoms with Crippen LogP contribution in [0.25, 0.3) is 0 Å². The van der Waals surface area contributed by atoms with Gasteiger partial charge in [0, 0.05) is 26.1 Å². The van der Waals surface area contributed by atoms with E-state index < -0.39 is 0 Å². The van der Waals surface area contributed by atoms with Crippen LogP contribution in [0.15, 0.2) is 0 Å². The molecule has 0 unspecified atom stereocenters. The molecule has 0 N–H and O–H groups in total. The van der Waals surface area contributed by atoms with E-state index >= 15 is 0 Å². The molecule has 86 valence electrons. The van der Waals surface area contributed by atoms with E-state index in [9.17, 15) is 4.79 Å². The molecule has 0 bridgehead atoms. The molecule has 0 aromatic heterocycles. The van der Waals surface area contributed by atoms with Crippen LogP contribution >= 0.6 is 0 Å². The summed E-state index contributed by atoms with van der Waals surface area (Å²) in [6.45, 7) is 6.28. The van der Waals surface area contributed by atoms with Crippen LogP contribution in [0, 0.1) is 0 Å². The molecule has 2 rings (SSSR count). The van der Waals surface area contributed by atoms with Crippen molar-refractivity contribution in [2.24, 2.45) is 0 Å². The summed E-state index contributed by atoms with van der Waals surface area (Å²) in [6, 6.07) is 0.495. The van der Waals surface area contributed by atoms with Gasteiger partial charge >= 0.3 is 0 Å². The predicted octanol–water partition coefficient (Wildman–Crippen LogP) is 1.48. The maximum atomic E-state index is 11.5. The number of hydrogen-bond donors (Lipinski definition) is 0. The molecule has 0 aromatic carbocycles. The smallest absolute Gasteiger partial charge is 0.219 e. The van der Waals surface area contributed by atoms with Gasteiger partial charge in [0.05, 0.1) is 0 Å². The molecule has 3 heteroatoms. The van der Waals surface area contributed by atoms with Crippen molar-refractivity contribution in [2.75, 3.05) is 26.2 Å². The minimum absolute atomic E-state index is 0.263. The highest BCUT2D eigenvalue weighted by Gasteiger charge is 2.26. The lowest BCUT2D eigenvalue weighted by molar-refractivity contribution is -0.132. The van der Waals surface area contributed by atoms with E-state index in [0.29, 0.717) is 6.04 Å². The molecule has 0 saturated carbocycles. The van der Waals surface area contributed by atoms with Crippen LogP contribution in [-0.4, -0.2) is 47.9 Å². The third-order valence-electron chi connectivity index (χ3n) is 3.70. The number of carbonyl (C=O) groups excluding carboxylic acids is 1. The van der Waals surface area contributed by atoms with E-state index in [0.717, 1.165) is 13.1 Å². The fourth-order valence-electron chi connectivity index (χ4n) is 2.87. The number of likely N-dealkylation sites (tertiary alicyclic amines) is 2. The maximum absolute atomic E-state index is 11.5. The van der Waals surface area contributed by atoms with E-state index in [4.69, 9.17) is 0 Å². The third kappa shape index (κ3) is 2.71. The number of hydrogen-bond acceptors (Lipinski definition) is 2. The molecule has 0 aliphatic carbocycles. The molecule has 2 fully saturated rings. The normalized spacial score (nSPS) is 28.3. The minimum Gasteiger partial charge on any atom is -0.339 e. The van der Waals surface area contributed by atoms with Gasteiger partial charge in [0.2, 0.25) is 5.91 Å². The van der Waals surface area contributed by atoms with Crippen LogP contribution in [0.3, 0.4) is 0 Å². The van der Waals surface area contributed by atoms with Gasteiger partial charge in [-0.1, -0.05) is 0 Å². The number of rotatable bonds is 2. The number of carbonyl (C=O) groups is 1. The standard InChI is InChI=1S/C12H22N2O/c1-11(15)14-9-3-2-6-12(14)10-13-7-4-5-8-13/h12H,2-10H2,1H3/t12-/m0/s1. The fraction of sp³-hybridized carbons (Fsp3) is 0.917. The van der Waals surface area contributed by atoms with E-state index in [2.05, 4.69) is 9.80 Å². The zero-order valence-electron chi connectivity index (χ0n) is 9.74. The van der Waals surface area contributed by atoms with Crippen LogP contribution in [0.2, 0.25) is 0 Å². The van der Waals surface area contributed by atoms with Crippen molar-refractivity contribution in [2.45, 2.75) is 45.1 Å². The monoisotopic (exact) mass is 210 g/mol. The van der Waals surface area contributed by atoms with Gasteiger partial charge in [-0.05, 0) is 45.2 Å². The molecule has 15 heavy (non-hydrogen) atoms. The summed E-state index contributed by atoms with van der Waals surface area (Å²) in [5, 5.41) is 0. The topological polar surface area (TPSA) is 23.6 Å². The molecule has 1 amide bonds. The van der Waals surface area contributed by atoms with Crippen LogP contribution in [-0.2, 0) is 4.79 Å². The van der Waals surface area contributed by atoms with Gasteiger partial charge in [-0.2, -0.15) is 0 Å². The summed E-state index contributed by atoms with van der Waals surface area (Å²) in [5.74, 6) is 0.263. The Balaban J connectivity index is 1.89. The van der Waals surface area contributed by atoms with E-state index in [1.807, 2.05) is 0 Å². The highest BCUT2D eigenvalue weighted by molar-refractivity contribution is 5.73. The lowest BCUT2D eigenvalue weighted by Crippen LogP contribution is -2.48. The average molecular weight is 210 g/mol. The molecule has 0 radical (unpaired) electrons. The van der Waals surface area contributed by atoms with Crippen molar-refractivity contribution in [3.05, 3.63) is 0 Å². The molecular formula is C12H22N2O. The predicted molar refractivity (Wildman–Crippen MR) is 60.7 cm³/mol. The van der Waals surface area contributed by atoms with Gasteiger partial charge in [-0.25, -0.2) is 0 Å². The Bertz CT molecular complexity index is 224. The van der Waals surface area contributed by atoms with Gasteiger partial charge in [-0.15, -0.1) is 0 Å². The lowest BCUT2D eigenvalue weighted by Gasteiger charge is -2.37. The van der Waals surface area contributed by atoms with Crippen LogP contribution < -0.4 is 0 Å². The summed E-state index contributed by atoms with van der Waals surface area (Å²) in [4.78, 5) is 16.1. The fourth-order valence-corrected chi connectivity index (χ4v) is 2.87. The molecule has 0 aromatic rings. The summed E-state index contributed by atoms with van der Waals surface area (Å²) in [6.07, 6.45) is 6.37. The van der Waals surface area contributed by atoms with Gasteiger partial charge in [0.25, 0.3) is 0 Å². The SMILES string of the molecule is CC(=O)N1CCCC[C@H]1CN1CCCC1. The van der Waals surface area contributed by atoms with Crippen molar-refractivity contribution >= 4 is 5.91 Å². The van der Waals surface area contributed by atoms with Crippen LogP contribution in [0.5, 0.6) is 0 Å². The van der Waals surface area contributed by atoms with Crippen molar-refractivity contribution in [3.8, 4) is 0 Å². The highest BCUT2D eigenvalue weighted by atomic mass is 16.2. The molecule has 2 heterocycles. The maximum Gasteiger partial charge on any atom is 0.219 e. The van der Waals surface area contributed by atoms with E-state index in [1.54, 1.807) is 6.92 Å². The Morgan fingerprint density at radius 2 is 1.80 bits per heavy atom. The molecule has 3 nitrogen and oxygen atoms in total. The number of piperidine rings is 1. The lowest BCUT2D eigenvalue weighted by atomic mass is 10.0. The second kappa shape index (κ2) is 4.97. The van der Waals surface area contributed by atoms with Crippen molar-refractivity contribution in [1.29, 1.82) is 0 Å². The molecule has 2 aliphatic rings. The highest BCUT2D eigenvalue weighted by Crippen LogP contribution is 2.19. The molecular weight excluding hydrogens is 188 g/mol. The van der Waals surface area contributed by atoms with E-state index in [-0.39, 0.29) is 5.91 Å². The Hall–Kier alpha value is -0.570. The largest absolute Gasteiger partial charge is 0.339 e. The van der Waals surface area contributed by atoms with Gasteiger partial charge < -0.3 is 9.80 Å².